The third kappa shape index (κ3) is 6.26. The molecule has 0 radical (unpaired) electrons. The van der Waals surface area contributed by atoms with Crippen molar-refractivity contribution in [1.82, 2.24) is 14.9 Å². The minimum atomic E-state index is -0.264. The maximum atomic E-state index is 12.3. The molecule has 1 heterocycles. The van der Waals surface area contributed by atoms with Crippen LogP contribution in [0.15, 0.2) is 42.2 Å². The fourth-order valence-corrected chi connectivity index (χ4v) is 3.23. The molecule has 1 aromatic carbocycles. The van der Waals surface area contributed by atoms with Gasteiger partial charge in [-0.15, -0.1) is 6.58 Å². The van der Waals surface area contributed by atoms with Crippen LogP contribution in [-0.2, 0) is 22.7 Å². The van der Waals surface area contributed by atoms with Gasteiger partial charge in [0.15, 0.2) is 16.7 Å². The third-order valence-electron chi connectivity index (χ3n) is 3.81. The van der Waals surface area contributed by atoms with Crippen molar-refractivity contribution in [3.63, 3.8) is 0 Å². The number of carbonyl (C=O) groups excluding carboxylic acids is 2. The van der Waals surface area contributed by atoms with E-state index in [1.54, 1.807) is 28.8 Å². The smallest absolute Gasteiger partial charge is 0.240 e. The van der Waals surface area contributed by atoms with Crippen LogP contribution < -0.4 is 20.1 Å². The number of aliphatic hydroxyl groups is 1. The van der Waals surface area contributed by atoms with Gasteiger partial charge in [-0.05, 0) is 12.1 Å². The molecular formula is C19H24N4O5S. The molecule has 2 rings (SSSR count). The fourth-order valence-electron chi connectivity index (χ4n) is 2.43. The van der Waals surface area contributed by atoms with Crippen LogP contribution >= 0.6 is 11.8 Å². The molecule has 0 aliphatic carbocycles. The fraction of sp³-hybridized carbons (Fsp3) is 0.316. The van der Waals surface area contributed by atoms with E-state index in [0.717, 1.165) is 0 Å². The van der Waals surface area contributed by atoms with Crippen molar-refractivity contribution >= 4 is 29.3 Å². The summed E-state index contributed by atoms with van der Waals surface area (Å²) < 4.78 is 12.0. The summed E-state index contributed by atoms with van der Waals surface area (Å²) in [5, 5.41) is 15.4. The number of methoxy groups -OCH3 is 2. The highest BCUT2D eigenvalue weighted by Crippen LogP contribution is 2.30. The first-order valence-corrected chi connectivity index (χ1v) is 9.68. The number of nitrogens with zero attached hydrogens (tertiary/aromatic N) is 2. The van der Waals surface area contributed by atoms with Crippen molar-refractivity contribution in [2.75, 3.05) is 31.8 Å². The minimum absolute atomic E-state index is 0.0106. The second-order valence-electron chi connectivity index (χ2n) is 5.78. The van der Waals surface area contributed by atoms with E-state index in [-0.39, 0.29) is 30.7 Å². The minimum Gasteiger partial charge on any atom is -0.493 e. The molecule has 0 saturated carbocycles. The highest BCUT2D eigenvalue weighted by Gasteiger charge is 2.15. The number of hydrogen-bond acceptors (Lipinski definition) is 7. The molecule has 156 valence electrons. The van der Waals surface area contributed by atoms with Crippen LogP contribution in [0.2, 0.25) is 0 Å². The average Bonchev–Trinajstić information content (AvgIpc) is 3.11. The quantitative estimate of drug-likeness (QED) is 0.372. The zero-order valence-electron chi connectivity index (χ0n) is 16.3. The summed E-state index contributed by atoms with van der Waals surface area (Å²) in [6.45, 7) is 3.62. The number of amides is 2. The number of imidazole rings is 1. The second-order valence-corrected chi connectivity index (χ2v) is 6.72. The Bertz CT molecular complexity index is 868. The zero-order valence-corrected chi connectivity index (χ0v) is 17.1. The van der Waals surface area contributed by atoms with E-state index in [1.807, 2.05) is 0 Å². The van der Waals surface area contributed by atoms with Gasteiger partial charge in [-0.3, -0.25) is 9.59 Å². The van der Waals surface area contributed by atoms with Gasteiger partial charge < -0.3 is 29.8 Å². The number of benzene rings is 1. The van der Waals surface area contributed by atoms with Gasteiger partial charge in [0.2, 0.25) is 11.8 Å². The molecule has 9 nitrogen and oxygen atoms in total. The summed E-state index contributed by atoms with van der Waals surface area (Å²) in [5.41, 5.74) is 1.05. The van der Waals surface area contributed by atoms with Crippen LogP contribution in [0, 0.1) is 0 Å². The zero-order chi connectivity index (χ0) is 21.2. The molecule has 0 aliphatic heterocycles. The number of anilines is 1. The number of aromatic nitrogens is 2. The van der Waals surface area contributed by atoms with Gasteiger partial charge in [0.05, 0.1) is 38.5 Å². The molecule has 0 spiro atoms. The standard InChI is InChI=1S/C19H24N4O5S/c1-4-7-20-17(25)10-23-14(11-24)9-21-19(23)29-12-18(26)22-13-5-6-15(27-2)16(8-13)28-3/h4-6,8-9,24H,1,7,10-12H2,2-3H3,(H,20,25)(H,22,26). The number of thioether (sulfide) groups is 1. The van der Waals surface area contributed by atoms with Gasteiger partial charge in [0.25, 0.3) is 0 Å². The molecule has 3 N–H and O–H groups in total. The van der Waals surface area contributed by atoms with E-state index in [2.05, 4.69) is 22.2 Å². The van der Waals surface area contributed by atoms with Crippen molar-refractivity contribution < 1.29 is 24.2 Å². The maximum absolute atomic E-state index is 12.3. The number of ether oxygens (including phenoxy) is 2. The van der Waals surface area contributed by atoms with Crippen molar-refractivity contribution in [2.24, 2.45) is 0 Å². The van der Waals surface area contributed by atoms with E-state index in [1.165, 1.54) is 32.2 Å². The number of aliphatic hydroxyl groups excluding tert-OH is 1. The number of nitrogens with one attached hydrogen (secondary N) is 2. The second kappa shape index (κ2) is 11.1. The molecule has 2 aromatic rings. The van der Waals surface area contributed by atoms with Gasteiger partial charge in [-0.1, -0.05) is 17.8 Å². The summed E-state index contributed by atoms with van der Waals surface area (Å²) in [6, 6.07) is 5.07. The molecule has 0 aliphatic rings. The van der Waals surface area contributed by atoms with Gasteiger partial charge in [0, 0.05) is 18.3 Å². The Balaban J connectivity index is 2.00. The van der Waals surface area contributed by atoms with E-state index in [9.17, 15) is 14.7 Å². The highest BCUT2D eigenvalue weighted by atomic mass is 32.2. The summed E-state index contributed by atoms with van der Waals surface area (Å²) in [7, 11) is 3.05. The Kier molecular flexibility index (Phi) is 8.56. The molecule has 0 unspecified atom stereocenters. The van der Waals surface area contributed by atoms with Crippen molar-refractivity contribution in [3.8, 4) is 11.5 Å². The molecule has 0 bridgehead atoms. The third-order valence-corrected chi connectivity index (χ3v) is 4.80. The van der Waals surface area contributed by atoms with E-state index in [0.29, 0.717) is 34.6 Å². The van der Waals surface area contributed by atoms with Crippen LogP contribution in [0.4, 0.5) is 5.69 Å². The van der Waals surface area contributed by atoms with Gasteiger partial charge in [0.1, 0.15) is 6.54 Å². The Morgan fingerprint density at radius 3 is 2.69 bits per heavy atom. The Morgan fingerprint density at radius 1 is 1.28 bits per heavy atom. The monoisotopic (exact) mass is 420 g/mol. The van der Waals surface area contributed by atoms with Crippen LogP contribution in [0.3, 0.4) is 0 Å². The SMILES string of the molecule is C=CCNC(=O)Cn1c(CO)cnc1SCC(=O)Nc1ccc(OC)c(OC)c1. The van der Waals surface area contributed by atoms with Crippen molar-refractivity contribution in [2.45, 2.75) is 18.3 Å². The molecule has 0 saturated heterocycles. The lowest BCUT2D eigenvalue weighted by atomic mass is 10.2. The molecular weight excluding hydrogens is 396 g/mol. The topological polar surface area (TPSA) is 115 Å². The molecule has 10 heteroatoms. The Morgan fingerprint density at radius 2 is 2.03 bits per heavy atom. The first-order chi connectivity index (χ1) is 14.0. The first-order valence-electron chi connectivity index (χ1n) is 8.69. The van der Waals surface area contributed by atoms with Gasteiger partial charge in [-0.2, -0.15) is 0 Å². The lowest BCUT2D eigenvalue weighted by Crippen LogP contribution is -2.28. The molecule has 1 aromatic heterocycles. The summed E-state index contributed by atoms with van der Waals surface area (Å²) in [4.78, 5) is 28.5. The lowest BCUT2D eigenvalue weighted by molar-refractivity contribution is -0.121. The predicted molar refractivity (Wildman–Crippen MR) is 110 cm³/mol. The van der Waals surface area contributed by atoms with Gasteiger partial charge in [-0.25, -0.2) is 4.98 Å². The number of carbonyl (C=O) groups is 2. The summed E-state index contributed by atoms with van der Waals surface area (Å²) >= 11 is 1.17. The largest absolute Gasteiger partial charge is 0.493 e. The van der Waals surface area contributed by atoms with E-state index in [4.69, 9.17) is 9.47 Å². The highest BCUT2D eigenvalue weighted by molar-refractivity contribution is 7.99. The van der Waals surface area contributed by atoms with Crippen molar-refractivity contribution in [1.29, 1.82) is 0 Å². The van der Waals surface area contributed by atoms with E-state index >= 15 is 0 Å². The summed E-state index contributed by atoms with van der Waals surface area (Å²) in [6.07, 6.45) is 3.06. The van der Waals surface area contributed by atoms with Crippen LogP contribution in [0.5, 0.6) is 11.5 Å². The van der Waals surface area contributed by atoms with Crippen LogP contribution in [0.1, 0.15) is 5.69 Å². The Hall–Kier alpha value is -2.98. The molecule has 2 amide bonds. The predicted octanol–water partition coefficient (Wildman–Crippen LogP) is 1.43. The maximum Gasteiger partial charge on any atom is 0.240 e. The lowest BCUT2D eigenvalue weighted by Gasteiger charge is -2.12. The molecule has 0 atom stereocenters. The van der Waals surface area contributed by atoms with Gasteiger partial charge >= 0.3 is 0 Å². The number of hydrogen-bond donors (Lipinski definition) is 3. The first kappa shape index (κ1) is 22.3. The van der Waals surface area contributed by atoms with Crippen LogP contribution in [-0.4, -0.2) is 53.0 Å². The average molecular weight is 420 g/mol. The van der Waals surface area contributed by atoms with E-state index < -0.39 is 0 Å². The normalized spacial score (nSPS) is 10.3. The van der Waals surface area contributed by atoms with Crippen molar-refractivity contribution in [3.05, 3.63) is 42.7 Å². The van der Waals surface area contributed by atoms with Crippen LogP contribution in [0.25, 0.3) is 0 Å². The summed E-state index contributed by atoms with van der Waals surface area (Å²) in [5.74, 6) is 0.650. The Labute approximate surface area is 173 Å². The molecule has 0 fully saturated rings. The number of rotatable bonds is 11. The molecule has 29 heavy (non-hydrogen) atoms.